The molecule has 108 heavy (non-hydrogen) atoms. The van der Waals surface area contributed by atoms with Crippen LogP contribution >= 0.6 is 65.2 Å². The second-order valence-electron chi connectivity index (χ2n) is 20.3. The summed E-state index contributed by atoms with van der Waals surface area (Å²) in [5.74, 6) is -26.2. The van der Waals surface area contributed by atoms with Crippen molar-refractivity contribution in [2.45, 2.75) is 243 Å². The van der Waals surface area contributed by atoms with Gasteiger partial charge in [-0.05, 0) is 0 Å². The number of hydrogen-bond donors (Lipinski definition) is 0. The number of halogens is 3. The maximum absolute atomic E-state index is 12.1. The Hall–Kier alpha value is 2.90. The van der Waals surface area contributed by atoms with E-state index >= 15 is 0 Å². The maximum Gasteiger partial charge on any atom is 2.00 e. The van der Waals surface area contributed by atoms with Crippen LogP contribution in [0.4, 0.5) is 0 Å². The van der Waals surface area contributed by atoms with Crippen molar-refractivity contribution in [3.63, 3.8) is 0 Å². The SMILES string of the molecule is CC(C)[N-]P(=O)([N-]C(C)C)[N-]C(C)C.CC(C)[N-]P(=O)([N-]C(C)C)[N-]C(C)C.CC(C)[N-]P(=O)([N-]C(C)C)[N-]C(C)C.CC(C)[N-]P(=O)([N-]C(C)C)[N-]C(C)C.ClC(Cl)Cl.O=C([O-])C(=O)[O-].O=C([O-])C(=O)[O-].O=C([O-])C(=O)[O-].O=C([O-])C(=O)[O-].O=C([O-])C(=O)[O-].O=C([O-])C(=O)[O-].[Pd+2].[Pd+2].[Pd+2].[Pd+2].[Pd+2].[Pd+2].[Pd+2].[Pd+2].[Pd+2].[Pd+2].[Pd+2].[Pd+2]. The molecule has 0 heterocycles. The van der Waals surface area contributed by atoms with Crippen molar-refractivity contribution in [3.05, 3.63) is 61.0 Å². The summed E-state index contributed by atoms with van der Waals surface area (Å²) in [7, 11) is -12.1. The van der Waals surface area contributed by atoms with Crippen LogP contribution in [0.15, 0.2) is 0 Å². The Morgan fingerprint density at radius 2 is 0.213 bits per heavy atom. The van der Waals surface area contributed by atoms with E-state index < -0.39 is 106 Å². The smallest absolute Gasteiger partial charge is 0.634 e. The number of carbonyl (C=O) groups excluding carboxylic acids is 12. The van der Waals surface area contributed by atoms with E-state index in [-0.39, 0.29) is 318 Å². The fraction of sp³-hybridized carbons (Fsp3) is 0.755. The molecule has 0 unspecified atom stereocenters. The van der Waals surface area contributed by atoms with Crippen molar-refractivity contribution in [1.29, 1.82) is 0 Å². The molecule has 670 valence electrons. The average molecular weight is 2800 g/mol. The van der Waals surface area contributed by atoms with Gasteiger partial charge in [0.2, 0.25) is 0 Å². The third-order valence-corrected chi connectivity index (χ3v) is 14.7. The van der Waals surface area contributed by atoms with Crippen LogP contribution in [-0.4, -0.2) is 148 Å². The van der Waals surface area contributed by atoms with Gasteiger partial charge in [0.1, 0.15) is 0 Å². The van der Waals surface area contributed by atoms with Crippen molar-refractivity contribution in [2.24, 2.45) is 0 Å². The Morgan fingerprint density at radius 3 is 0.231 bits per heavy atom. The second-order valence-corrected chi connectivity index (χ2v) is 29.1. The van der Waals surface area contributed by atoms with E-state index in [1.807, 2.05) is 166 Å². The van der Waals surface area contributed by atoms with E-state index in [0.717, 1.165) is 0 Å². The molecule has 0 spiro atoms. The van der Waals surface area contributed by atoms with Crippen LogP contribution in [0.25, 0.3) is 61.0 Å². The molecule has 0 N–H and O–H groups in total. The molecule has 0 saturated heterocycles. The Balaban J connectivity index is -0.0000000355. The number of aliphatic carboxylic acids is 12. The Bertz CT molecular complexity index is 1950. The second kappa shape index (κ2) is 100. The van der Waals surface area contributed by atoms with Gasteiger partial charge in [-0.15, -0.1) is 72.5 Å². The van der Waals surface area contributed by atoms with E-state index in [4.69, 9.17) is 154 Å². The van der Waals surface area contributed by atoms with E-state index in [0.29, 0.717) is 0 Å². The molecule has 0 aliphatic carbocycles. The summed E-state index contributed by atoms with van der Waals surface area (Å²) in [5, 5.41) is 156. The number of hydrogen-bond acceptors (Lipinski definition) is 28. The number of alkyl halides is 3. The summed E-state index contributed by atoms with van der Waals surface area (Å²) in [4.78, 5) is 107. The summed E-state index contributed by atoms with van der Waals surface area (Å²) < 4.78 is 47.8. The van der Waals surface area contributed by atoms with Gasteiger partial charge in [-0.1, -0.05) is 201 Å². The quantitative estimate of drug-likeness (QED) is 0.0466. The minimum Gasteiger partial charge on any atom is -0.634 e. The Morgan fingerprint density at radius 1 is 0.176 bits per heavy atom. The van der Waals surface area contributed by atoms with Crippen LogP contribution in [0.1, 0.15) is 166 Å². The third-order valence-electron chi connectivity index (χ3n) is 5.58. The molecule has 0 atom stereocenters. The number of carboxylic acids is 12. The zero-order valence-corrected chi connectivity index (χ0v) is 85.5. The normalized spacial score (nSPS) is 9.63. The van der Waals surface area contributed by atoms with Crippen LogP contribution in [0, 0.1) is 0 Å². The number of carbonyl (C=O) groups is 12. The molecule has 0 aliphatic heterocycles. The predicted molar refractivity (Wildman–Crippen MR) is 334 cm³/mol. The van der Waals surface area contributed by atoms with Crippen molar-refractivity contribution < 1.29 is 382 Å². The van der Waals surface area contributed by atoms with Gasteiger partial charge >= 0.3 is 245 Å². The number of rotatable bonds is 24. The first-order valence-electron chi connectivity index (χ1n) is 27.1. The summed E-state index contributed by atoms with van der Waals surface area (Å²) >= 11 is 14.4. The molecule has 0 aromatic heterocycles. The standard InChI is InChI=1S/4C9H21N3OP.6C2H2O4.CHCl3.12Pd/c4*1-7(2)10-14(13,11-8(3)4)12-9(5)6;6*3-1(4)2(5)6;2-1(3)4;;;;;;;;;;;;/h4*7-9H,1-6H3;6*(H,3,4)(H,5,6);1H;;;;;;;;;;;;/q4*-3;;;;;;;;12*+2/p-12. The van der Waals surface area contributed by atoms with Gasteiger partial charge in [-0.2, -0.15) is 0 Å². The van der Waals surface area contributed by atoms with Crippen molar-refractivity contribution in [1.82, 2.24) is 0 Å². The van der Waals surface area contributed by atoms with E-state index in [1.54, 1.807) is 0 Å². The minimum atomic E-state index is -3.01. The molecule has 0 rings (SSSR count). The largest absolute Gasteiger partial charge is 2.00 e. The molecule has 0 radical (unpaired) electrons. The molecule has 0 saturated carbocycles. The fourth-order valence-electron chi connectivity index (χ4n) is 3.97. The van der Waals surface area contributed by atoms with Crippen LogP contribution in [0.5, 0.6) is 0 Å². The summed E-state index contributed by atoms with van der Waals surface area (Å²) in [5.41, 5.74) is 0. The van der Waals surface area contributed by atoms with Gasteiger partial charge in [0.05, 0.1) is 71.6 Å². The predicted octanol–water partition coefficient (Wildman–Crippen LogP) is -1.36. The molecule has 0 amide bonds. The molecular weight excluding hydrogens is 2710 g/mol. The van der Waals surface area contributed by atoms with Crippen LogP contribution in [0.3, 0.4) is 0 Å². The zero-order chi connectivity index (χ0) is 79.9. The van der Waals surface area contributed by atoms with Gasteiger partial charge < -0.3 is 198 Å². The van der Waals surface area contributed by atoms with Gasteiger partial charge in [-0.25, -0.2) is 30.4 Å². The molecule has 0 bridgehead atoms. The summed E-state index contributed by atoms with van der Waals surface area (Å²) in [6.45, 7) is 45.3. The first-order valence-corrected chi connectivity index (χ1v) is 34.7. The van der Waals surface area contributed by atoms with Gasteiger partial charge in [0, 0.05) is 0 Å². The first-order chi connectivity index (χ1) is 42.6. The average Bonchev–Trinajstić information content (AvgIpc) is 0.899. The maximum atomic E-state index is 12.1. The van der Waals surface area contributed by atoms with Crippen molar-refractivity contribution in [3.8, 4) is 0 Å². The first kappa shape index (κ1) is 173. The Kier molecular flexibility index (Phi) is 161. The topological polar surface area (TPSA) is 719 Å². The van der Waals surface area contributed by atoms with Crippen LogP contribution in [-0.2, 0) is 321 Å². The fourth-order valence-corrected chi connectivity index (χ4v) is 11.9. The Labute approximate surface area is 812 Å². The van der Waals surface area contributed by atoms with Crippen LogP contribution < -0.4 is 61.3 Å². The molecule has 40 nitrogen and oxygen atoms in total. The van der Waals surface area contributed by atoms with Crippen molar-refractivity contribution in [2.75, 3.05) is 0 Å². The zero-order valence-electron chi connectivity index (χ0n) is 61.0. The van der Waals surface area contributed by atoms with Gasteiger partial charge in [0.15, 0.2) is 4.30 Å². The van der Waals surface area contributed by atoms with E-state index in [2.05, 4.69) is 61.0 Å². The van der Waals surface area contributed by atoms with Gasteiger partial charge in [-0.3, -0.25) is 0 Å². The molecular formula is C49H85Cl3N12O28P4Pd12. The minimum absolute atomic E-state index is 0. The van der Waals surface area contributed by atoms with E-state index in [1.165, 1.54) is 0 Å². The molecule has 0 aromatic carbocycles. The number of carboxylic acid groups (broad SMARTS) is 12. The number of nitrogens with zero attached hydrogens (tertiary/aromatic N) is 12. The molecule has 0 aromatic rings. The third kappa shape index (κ3) is 168. The van der Waals surface area contributed by atoms with Crippen molar-refractivity contribution >= 4 is 137 Å². The molecule has 59 heteroatoms. The monoisotopic (exact) mass is 2790 g/mol. The van der Waals surface area contributed by atoms with E-state index in [9.17, 15) is 18.3 Å². The summed E-state index contributed by atoms with van der Waals surface area (Å²) in [6.07, 6.45) is 0. The van der Waals surface area contributed by atoms with Gasteiger partial charge in [0.25, 0.3) is 0 Å². The molecule has 0 aliphatic rings. The van der Waals surface area contributed by atoms with Crippen LogP contribution in [0.2, 0.25) is 0 Å². The molecule has 0 fully saturated rings. The summed E-state index contributed by atoms with van der Waals surface area (Å²) in [6, 6.07) is 0.0648.